The number of carbonyl (C=O) groups is 3. The number of hydrogen-bond donors (Lipinski definition) is 1. The molecule has 2 saturated heterocycles. The van der Waals surface area contributed by atoms with Gasteiger partial charge in [0.25, 0.3) is 0 Å². The fraction of sp³-hybridized carbons (Fsp3) is 0.387. The Morgan fingerprint density at radius 1 is 0.705 bits per heavy atom. The zero-order chi connectivity index (χ0) is 32.3. The van der Waals surface area contributed by atoms with E-state index in [1.54, 1.807) is 4.90 Å². The van der Waals surface area contributed by atoms with Crippen LogP contribution in [0.5, 0.6) is 0 Å². The molecule has 2 heterocycles. The molecule has 238 valence electrons. The van der Waals surface area contributed by atoms with Gasteiger partial charge in [-0.25, -0.2) is 4.79 Å². The van der Waals surface area contributed by atoms with E-state index in [9.17, 15) is 40.7 Å². The van der Waals surface area contributed by atoms with E-state index >= 15 is 0 Å². The number of nitrogens with zero attached hydrogens (tertiary/aromatic N) is 3. The van der Waals surface area contributed by atoms with E-state index in [1.807, 2.05) is 4.90 Å². The van der Waals surface area contributed by atoms with E-state index in [1.165, 1.54) is 55.3 Å². The number of aliphatic carboxylic acids is 1. The van der Waals surface area contributed by atoms with Gasteiger partial charge in [-0.15, -0.1) is 0 Å². The van der Waals surface area contributed by atoms with E-state index in [0.717, 1.165) is 50.0 Å². The standard InChI is InChI=1S/C21H26F3N3O2.C10H7F3O2/c22-21(23,24)18-6-3-17(4-7-18)5-8-19(28)26-12-9-20(29)27(16-15-26)14-13-25-10-1-2-11-25;11-10(12,13)8-4-1-7(2-5-8)3-6-9(14)15/h3-8H,1-2,9-16H2;1-6H,(H,14,15)/b8-5+;. The summed E-state index contributed by atoms with van der Waals surface area (Å²) in [5.74, 6) is -1.32. The smallest absolute Gasteiger partial charge is 0.416 e. The Labute approximate surface area is 251 Å². The summed E-state index contributed by atoms with van der Waals surface area (Å²) < 4.78 is 74.2. The van der Waals surface area contributed by atoms with Crippen molar-refractivity contribution in [2.75, 3.05) is 45.8 Å². The van der Waals surface area contributed by atoms with Crippen LogP contribution in [0, 0.1) is 0 Å². The van der Waals surface area contributed by atoms with Crippen molar-refractivity contribution in [3.8, 4) is 0 Å². The molecule has 7 nitrogen and oxygen atoms in total. The molecule has 0 spiro atoms. The number of likely N-dealkylation sites (tertiary alicyclic amines) is 1. The molecule has 2 aliphatic heterocycles. The number of carbonyl (C=O) groups excluding carboxylic acids is 2. The van der Waals surface area contributed by atoms with Crippen molar-refractivity contribution in [1.82, 2.24) is 14.7 Å². The van der Waals surface area contributed by atoms with Crippen LogP contribution in [0.3, 0.4) is 0 Å². The number of benzene rings is 2. The number of alkyl halides is 6. The maximum Gasteiger partial charge on any atom is 0.416 e. The second kappa shape index (κ2) is 15.6. The van der Waals surface area contributed by atoms with Crippen LogP contribution in [-0.4, -0.2) is 83.4 Å². The number of hydrogen-bond acceptors (Lipinski definition) is 4. The minimum atomic E-state index is -4.38. The normalized spacial score (nSPS) is 16.7. The number of carboxylic acids is 1. The molecule has 0 aromatic heterocycles. The molecular weight excluding hydrogens is 592 g/mol. The van der Waals surface area contributed by atoms with Crippen LogP contribution in [-0.2, 0) is 26.7 Å². The number of amides is 2. The highest BCUT2D eigenvalue weighted by Crippen LogP contribution is 2.30. The lowest BCUT2D eigenvalue weighted by Gasteiger charge is -2.24. The lowest BCUT2D eigenvalue weighted by molar-refractivity contribution is -0.138. The van der Waals surface area contributed by atoms with Gasteiger partial charge in [-0.05, 0) is 73.5 Å². The molecule has 1 N–H and O–H groups in total. The van der Waals surface area contributed by atoms with Crippen molar-refractivity contribution in [2.45, 2.75) is 31.6 Å². The number of carboxylic acid groups (broad SMARTS) is 1. The molecule has 2 aromatic carbocycles. The number of rotatable bonds is 7. The highest BCUT2D eigenvalue weighted by Gasteiger charge is 2.30. The fourth-order valence-electron chi connectivity index (χ4n) is 4.60. The molecule has 4 rings (SSSR count). The summed E-state index contributed by atoms with van der Waals surface area (Å²) in [6, 6.07) is 8.88. The maximum absolute atomic E-state index is 12.6. The first kappa shape index (κ1) is 34.4. The van der Waals surface area contributed by atoms with Gasteiger partial charge in [0.1, 0.15) is 0 Å². The minimum absolute atomic E-state index is 0.0613. The zero-order valence-electron chi connectivity index (χ0n) is 23.8. The monoisotopic (exact) mass is 625 g/mol. The third-order valence-corrected chi connectivity index (χ3v) is 7.10. The zero-order valence-corrected chi connectivity index (χ0v) is 23.8. The molecule has 2 aliphatic rings. The van der Waals surface area contributed by atoms with Gasteiger partial charge in [0, 0.05) is 51.3 Å². The van der Waals surface area contributed by atoms with Crippen molar-refractivity contribution in [3.05, 3.63) is 82.9 Å². The molecule has 0 unspecified atom stereocenters. The predicted octanol–water partition coefficient (Wildman–Crippen LogP) is 5.68. The summed E-state index contributed by atoms with van der Waals surface area (Å²) in [4.78, 5) is 40.7. The van der Waals surface area contributed by atoms with Crippen LogP contribution in [0.2, 0.25) is 0 Å². The summed E-state index contributed by atoms with van der Waals surface area (Å²) in [6.45, 7) is 5.04. The predicted molar refractivity (Wildman–Crippen MR) is 152 cm³/mol. The topological polar surface area (TPSA) is 81.2 Å². The highest BCUT2D eigenvalue weighted by atomic mass is 19.4. The van der Waals surface area contributed by atoms with Gasteiger partial charge >= 0.3 is 18.3 Å². The van der Waals surface area contributed by atoms with Gasteiger partial charge in [0.05, 0.1) is 11.1 Å². The highest BCUT2D eigenvalue weighted by molar-refractivity contribution is 5.92. The van der Waals surface area contributed by atoms with Gasteiger partial charge in [0.2, 0.25) is 11.8 Å². The van der Waals surface area contributed by atoms with E-state index in [4.69, 9.17) is 5.11 Å². The van der Waals surface area contributed by atoms with Crippen LogP contribution >= 0.6 is 0 Å². The summed E-state index contributed by atoms with van der Waals surface area (Å²) in [6.07, 6.45) is -1.09. The maximum atomic E-state index is 12.6. The summed E-state index contributed by atoms with van der Waals surface area (Å²) in [5.41, 5.74) is -0.550. The second-order valence-corrected chi connectivity index (χ2v) is 10.2. The van der Waals surface area contributed by atoms with Crippen molar-refractivity contribution in [2.24, 2.45) is 0 Å². The second-order valence-electron chi connectivity index (χ2n) is 10.2. The molecule has 0 atom stereocenters. The average molecular weight is 626 g/mol. The Balaban J connectivity index is 0.000000297. The largest absolute Gasteiger partial charge is 0.478 e. The summed E-state index contributed by atoms with van der Waals surface area (Å²) >= 11 is 0. The van der Waals surface area contributed by atoms with Gasteiger partial charge in [-0.2, -0.15) is 26.3 Å². The molecule has 0 bridgehead atoms. The van der Waals surface area contributed by atoms with E-state index in [0.29, 0.717) is 43.7 Å². The third kappa shape index (κ3) is 11.2. The lowest BCUT2D eigenvalue weighted by atomic mass is 10.1. The Bertz CT molecular complexity index is 1320. The Kier molecular flexibility index (Phi) is 12.1. The third-order valence-electron chi connectivity index (χ3n) is 7.10. The lowest BCUT2D eigenvalue weighted by Crippen LogP contribution is -2.39. The van der Waals surface area contributed by atoms with Crippen molar-refractivity contribution >= 4 is 29.9 Å². The van der Waals surface area contributed by atoms with Gasteiger partial charge < -0.3 is 19.8 Å². The molecular formula is C31H33F6N3O4. The molecule has 2 fully saturated rings. The first-order valence-corrected chi connectivity index (χ1v) is 13.9. The SMILES string of the molecule is O=C(/C=C/c1ccc(C(F)(F)F)cc1)N1CCC(=O)N(CCN2CCCC2)CC1.O=C(O)C=Cc1ccc(C(F)(F)F)cc1. The van der Waals surface area contributed by atoms with Gasteiger partial charge in [0.15, 0.2) is 0 Å². The van der Waals surface area contributed by atoms with Crippen molar-refractivity contribution in [1.29, 1.82) is 0 Å². The molecule has 2 aromatic rings. The van der Waals surface area contributed by atoms with Crippen LogP contribution in [0.1, 0.15) is 41.5 Å². The van der Waals surface area contributed by atoms with Crippen LogP contribution in [0.4, 0.5) is 26.3 Å². The Hall–Kier alpha value is -4.13. The first-order chi connectivity index (χ1) is 20.7. The van der Waals surface area contributed by atoms with Crippen LogP contribution in [0.25, 0.3) is 12.2 Å². The quantitative estimate of drug-likeness (QED) is 0.317. The molecule has 0 saturated carbocycles. The van der Waals surface area contributed by atoms with Crippen molar-refractivity contribution < 1.29 is 45.8 Å². The fourth-order valence-corrected chi connectivity index (χ4v) is 4.60. The van der Waals surface area contributed by atoms with E-state index < -0.39 is 29.4 Å². The van der Waals surface area contributed by atoms with Crippen molar-refractivity contribution in [3.63, 3.8) is 0 Å². The number of halogens is 6. The Morgan fingerprint density at radius 2 is 1.20 bits per heavy atom. The molecule has 2 amide bonds. The molecule has 0 aliphatic carbocycles. The molecule has 13 heteroatoms. The molecule has 0 radical (unpaired) electrons. The Morgan fingerprint density at radius 3 is 1.68 bits per heavy atom. The van der Waals surface area contributed by atoms with E-state index in [2.05, 4.69) is 4.90 Å². The van der Waals surface area contributed by atoms with Crippen LogP contribution in [0.15, 0.2) is 60.7 Å². The molecule has 44 heavy (non-hydrogen) atoms. The minimum Gasteiger partial charge on any atom is -0.478 e. The first-order valence-electron chi connectivity index (χ1n) is 13.9. The summed E-state index contributed by atoms with van der Waals surface area (Å²) in [7, 11) is 0. The average Bonchev–Trinajstić information content (AvgIpc) is 3.42. The van der Waals surface area contributed by atoms with Gasteiger partial charge in [-0.1, -0.05) is 24.3 Å². The summed E-state index contributed by atoms with van der Waals surface area (Å²) in [5, 5.41) is 8.29. The van der Waals surface area contributed by atoms with Crippen LogP contribution < -0.4 is 0 Å². The van der Waals surface area contributed by atoms with E-state index in [-0.39, 0.29) is 11.8 Å². The van der Waals surface area contributed by atoms with Gasteiger partial charge in [-0.3, -0.25) is 9.59 Å².